The second-order valence-corrected chi connectivity index (χ2v) is 2.52. The van der Waals surface area contributed by atoms with Crippen molar-refractivity contribution < 1.29 is 14.3 Å². The highest BCUT2D eigenvalue weighted by atomic mass is 16.6. The quantitative estimate of drug-likeness (QED) is 0.361. The molecule has 0 aromatic heterocycles. The van der Waals surface area contributed by atoms with Crippen LogP contribution in [-0.4, -0.2) is 31.2 Å². The predicted molar refractivity (Wildman–Crippen MR) is 29.1 cm³/mol. The van der Waals surface area contributed by atoms with Gasteiger partial charge in [0, 0.05) is 13.0 Å². The summed E-state index contributed by atoms with van der Waals surface area (Å²) in [6.45, 7) is 1.20. The average Bonchev–Trinajstić information content (AvgIpc) is 2.62. The van der Waals surface area contributed by atoms with Crippen LogP contribution in [0, 0.1) is 0 Å². The zero-order valence-electron chi connectivity index (χ0n) is 5.00. The maximum absolute atomic E-state index is 10.3. The molecular weight excluding hydrogens is 120 g/mol. The molecule has 2 atom stereocenters. The minimum Gasteiger partial charge on any atom is -0.378 e. The highest BCUT2D eigenvalue weighted by Crippen LogP contribution is 2.39. The van der Waals surface area contributed by atoms with E-state index in [-0.39, 0.29) is 6.10 Å². The van der Waals surface area contributed by atoms with Gasteiger partial charge in [0.05, 0.1) is 12.7 Å². The van der Waals surface area contributed by atoms with E-state index >= 15 is 0 Å². The molecule has 9 heavy (non-hydrogen) atoms. The molecular formula is C6H8O3. The molecule has 0 amide bonds. The number of rotatable bonds is 1. The Kier molecular flexibility index (Phi) is 0.926. The molecule has 0 bridgehead atoms. The van der Waals surface area contributed by atoms with Crippen LogP contribution in [0.4, 0.5) is 0 Å². The van der Waals surface area contributed by atoms with E-state index in [1.807, 2.05) is 0 Å². The molecule has 0 aliphatic carbocycles. The highest BCUT2D eigenvalue weighted by Gasteiger charge is 2.58. The standard InChI is InChI=1S/C6H8O3/c7-3-6-4-8-2-1-5(6)9-6/h3,5H,1-2,4H2/t5-,6-/m0/s1. The lowest BCUT2D eigenvalue weighted by molar-refractivity contribution is -0.114. The summed E-state index contributed by atoms with van der Waals surface area (Å²) in [5.41, 5.74) is -0.516. The van der Waals surface area contributed by atoms with Gasteiger partial charge in [-0.1, -0.05) is 0 Å². The van der Waals surface area contributed by atoms with Gasteiger partial charge in [-0.15, -0.1) is 0 Å². The first-order chi connectivity index (χ1) is 4.37. The average molecular weight is 128 g/mol. The van der Waals surface area contributed by atoms with Gasteiger partial charge in [0.15, 0.2) is 11.9 Å². The van der Waals surface area contributed by atoms with Gasteiger partial charge < -0.3 is 9.47 Å². The Morgan fingerprint density at radius 3 is 3.11 bits per heavy atom. The zero-order valence-corrected chi connectivity index (χ0v) is 5.00. The van der Waals surface area contributed by atoms with Crippen molar-refractivity contribution in [2.24, 2.45) is 0 Å². The number of carbonyl (C=O) groups excluding carboxylic acids is 1. The van der Waals surface area contributed by atoms with Gasteiger partial charge in [0.1, 0.15) is 0 Å². The van der Waals surface area contributed by atoms with Crippen LogP contribution in [0.1, 0.15) is 6.42 Å². The van der Waals surface area contributed by atoms with E-state index in [0.717, 1.165) is 19.3 Å². The lowest BCUT2D eigenvalue weighted by Crippen LogP contribution is -2.29. The summed E-state index contributed by atoms with van der Waals surface area (Å²) < 4.78 is 10.2. The first-order valence-electron chi connectivity index (χ1n) is 3.09. The molecule has 0 aromatic rings. The number of carbonyl (C=O) groups is 1. The summed E-state index contributed by atoms with van der Waals surface area (Å²) in [4.78, 5) is 10.3. The van der Waals surface area contributed by atoms with E-state index in [1.54, 1.807) is 0 Å². The third-order valence-electron chi connectivity index (χ3n) is 1.90. The van der Waals surface area contributed by atoms with E-state index in [9.17, 15) is 4.79 Å². The molecule has 2 fully saturated rings. The fourth-order valence-electron chi connectivity index (χ4n) is 1.22. The minimum absolute atomic E-state index is 0.170. The maximum atomic E-state index is 10.3. The topological polar surface area (TPSA) is 38.8 Å². The molecule has 2 heterocycles. The first-order valence-corrected chi connectivity index (χ1v) is 3.09. The van der Waals surface area contributed by atoms with Crippen LogP contribution in [0.25, 0.3) is 0 Å². The second kappa shape index (κ2) is 1.55. The molecule has 0 saturated carbocycles. The van der Waals surface area contributed by atoms with Gasteiger partial charge in [-0.3, -0.25) is 4.79 Å². The van der Waals surface area contributed by atoms with Crippen LogP contribution in [0.15, 0.2) is 0 Å². The summed E-state index contributed by atoms with van der Waals surface area (Å²) in [7, 11) is 0. The Balaban J connectivity index is 2.09. The Labute approximate surface area is 52.9 Å². The van der Waals surface area contributed by atoms with Gasteiger partial charge in [0.2, 0.25) is 0 Å². The lowest BCUT2D eigenvalue weighted by Gasteiger charge is -2.10. The number of hydrogen-bond acceptors (Lipinski definition) is 3. The number of epoxide rings is 1. The fraction of sp³-hybridized carbons (Fsp3) is 0.833. The smallest absolute Gasteiger partial charge is 0.173 e. The second-order valence-electron chi connectivity index (χ2n) is 2.52. The van der Waals surface area contributed by atoms with Gasteiger partial charge in [-0.25, -0.2) is 0 Å². The van der Waals surface area contributed by atoms with Gasteiger partial charge in [0.25, 0.3) is 0 Å². The molecule has 0 aromatic carbocycles. The van der Waals surface area contributed by atoms with Crippen molar-refractivity contribution in [1.82, 2.24) is 0 Å². The van der Waals surface area contributed by atoms with Gasteiger partial charge >= 0.3 is 0 Å². The predicted octanol–water partition coefficient (Wildman–Crippen LogP) is -0.257. The molecule has 2 rings (SSSR count). The van der Waals surface area contributed by atoms with Crippen molar-refractivity contribution >= 4 is 6.29 Å². The molecule has 0 radical (unpaired) electrons. The van der Waals surface area contributed by atoms with Gasteiger partial charge in [-0.2, -0.15) is 0 Å². The van der Waals surface area contributed by atoms with Crippen molar-refractivity contribution in [3.05, 3.63) is 0 Å². The number of ether oxygens (including phenoxy) is 2. The summed E-state index contributed by atoms with van der Waals surface area (Å²) in [6.07, 6.45) is 1.90. The first kappa shape index (κ1) is 5.38. The van der Waals surface area contributed by atoms with E-state index < -0.39 is 5.60 Å². The van der Waals surface area contributed by atoms with Crippen molar-refractivity contribution in [3.8, 4) is 0 Å². The van der Waals surface area contributed by atoms with Crippen molar-refractivity contribution in [3.63, 3.8) is 0 Å². The number of fused-ring (bicyclic) bond motifs is 1. The highest BCUT2D eigenvalue weighted by molar-refractivity contribution is 5.68. The van der Waals surface area contributed by atoms with Gasteiger partial charge in [-0.05, 0) is 0 Å². The molecule has 3 nitrogen and oxygen atoms in total. The van der Waals surface area contributed by atoms with E-state index in [0.29, 0.717) is 6.61 Å². The van der Waals surface area contributed by atoms with Crippen LogP contribution >= 0.6 is 0 Å². The van der Waals surface area contributed by atoms with E-state index in [4.69, 9.17) is 9.47 Å². The molecule has 2 aliphatic heterocycles. The number of aldehydes is 1. The van der Waals surface area contributed by atoms with Crippen LogP contribution in [0.2, 0.25) is 0 Å². The largest absolute Gasteiger partial charge is 0.378 e. The van der Waals surface area contributed by atoms with Crippen molar-refractivity contribution in [2.75, 3.05) is 13.2 Å². The molecule has 2 saturated heterocycles. The maximum Gasteiger partial charge on any atom is 0.173 e. The molecule has 50 valence electrons. The number of hydrogen-bond donors (Lipinski definition) is 0. The normalized spacial score (nSPS) is 47.8. The Hall–Kier alpha value is -0.410. The summed E-state index contributed by atoms with van der Waals surface area (Å²) in [5.74, 6) is 0. The zero-order chi connectivity index (χ0) is 6.32. The van der Waals surface area contributed by atoms with Crippen molar-refractivity contribution in [1.29, 1.82) is 0 Å². The van der Waals surface area contributed by atoms with E-state index in [1.165, 1.54) is 0 Å². The molecule has 0 spiro atoms. The third-order valence-corrected chi connectivity index (χ3v) is 1.90. The summed E-state index contributed by atoms with van der Waals surface area (Å²) in [6, 6.07) is 0. The summed E-state index contributed by atoms with van der Waals surface area (Å²) in [5, 5.41) is 0. The van der Waals surface area contributed by atoms with Crippen LogP contribution in [-0.2, 0) is 14.3 Å². The van der Waals surface area contributed by atoms with Crippen LogP contribution in [0.5, 0.6) is 0 Å². The lowest BCUT2D eigenvalue weighted by atomic mass is 10.0. The summed E-state index contributed by atoms with van der Waals surface area (Å²) >= 11 is 0. The molecule has 3 heteroatoms. The molecule has 0 unspecified atom stereocenters. The molecule has 2 aliphatic rings. The Morgan fingerprint density at radius 1 is 1.67 bits per heavy atom. The van der Waals surface area contributed by atoms with E-state index in [2.05, 4.69) is 0 Å². The van der Waals surface area contributed by atoms with Crippen LogP contribution < -0.4 is 0 Å². The third kappa shape index (κ3) is 0.618. The Morgan fingerprint density at radius 2 is 2.56 bits per heavy atom. The minimum atomic E-state index is -0.516. The van der Waals surface area contributed by atoms with Crippen LogP contribution in [0.3, 0.4) is 0 Å². The molecule has 0 N–H and O–H groups in total. The fourth-order valence-corrected chi connectivity index (χ4v) is 1.22. The monoisotopic (exact) mass is 128 g/mol. The SMILES string of the molecule is O=C[C@]12COCC[C@@H]1O2. The Bertz CT molecular complexity index is 145. The van der Waals surface area contributed by atoms with Crippen molar-refractivity contribution in [2.45, 2.75) is 18.1 Å².